The van der Waals surface area contributed by atoms with Crippen LogP contribution in [0.4, 0.5) is 28.4 Å². The molecule has 1 atom stereocenters. The molecular weight excluding hydrogens is 893 g/mol. The summed E-state index contributed by atoms with van der Waals surface area (Å²) in [7, 11) is 0. The molecule has 0 N–H and O–H groups in total. The summed E-state index contributed by atoms with van der Waals surface area (Å²) in [6.07, 6.45) is 19.3. The van der Waals surface area contributed by atoms with Crippen LogP contribution in [0.5, 0.6) is 0 Å². The molecule has 2 heteroatoms. The normalized spacial score (nSPS) is 15.9. The average molecular weight is 953 g/mol. The van der Waals surface area contributed by atoms with Crippen LogP contribution in [-0.4, -0.2) is 6.54 Å². The predicted molar refractivity (Wildman–Crippen MR) is 313 cm³/mol. The van der Waals surface area contributed by atoms with Crippen LogP contribution in [0.1, 0.15) is 71.4 Å². The molecule has 0 saturated heterocycles. The number of rotatable bonds is 14. The van der Waals surface area contributed by atoms with Crippen molar-refractivity contribution in [3.8, 4) is 11.1 Å². The molecule has 74 heavy (non-hydrogen) atoms. The van der Waals surface area contributed by atoms with Crippen molar-refractivity contribution in [1.29, 1.82) is 0 Å². The summed E-state index contributed by atoms with van der Waals surface area (Å²) in [6.45, 7) is 0.649. The van der Waals surface area contributed by atoms with Gasteiger partial charge in [-0.15, -0.1) is 0 Å². The number of para-hydroxylation sites is 2. The van der Waals surface area contributed by atoms with E-state index in [0.29, 0.717) is 6.54 Å². The smallest absolute Gasteiger partial charge is 0.0484 e. The number of benzene rings is 9. The van der Waals surface area contributed by atoms with Gasteiger partial charge in [0, 0.05) is 46.3 Å². The zero-order valence-electron chi connectivity index (χ0n) is 41.8. The Labute approximate surface area is 438 Å². The van der Waals surface area contributed by atoms with Gasteiger partial charge in [-0.3, -0.25) is 0 Å². The van der Waals surface area contributed by atoms with Gasteiger partial charge in [0.05, 0.1) is 0 Å². The quantitative estimate of drug-likeness (QED) is 0.107. The van der Waals surface area contributed by atoms with E-state index in [0.717, 1.165) is 60.5 Å². The minimum absolute atomic E-state index is 0.125. The molecule has 358 valence electrons. The van der Waals surface area contributed by atoms with Crippen LogP contribution in [-0.2, 0) is 5.41 Å². The number of fused-ring (bicyclic) bond motifs is 1. The number of nitrogens with zero attached hydrogens (tertiary/aromatic N) is 2. The van der Waals surface area contributed by atoms with Gasteiger partial charge in [0.2, 0.25) is 0 Å². The number of hydrogen-bond acceptors (Lipinski definition) is 2. The van der Waals surface area contributed by atoms with Crippen molar-refractivity contribution >= 4 is 39.6 Å². The van der Waals surface area contributed by atoms with Crippen molar-refractivity contribution in [2.75, 3.05) is 16.3 Å². The van der Waals surface area contributed by atoms with Gasteiger partial charge in [-0.2, -0.15) is 0 Å². The molecular formula is C72H60N2. The van der Waals surface area contributed by atoms with Crippen LogP contribution in [0.2, 0.25) is 0 Å². The van der Waals surface area contributed by atoms with Gasteiger partial charge in [-0.05, 0) is 160 Å². The molecule has 1 unspecified atom stereocenters. The third-order valence-corrected chi connectivity index (χ3v) is 15.5. The Morgan fingerprint density at radius 3 is 1.68 bits per heavy atom. The molecule has 0 saturated carbocycles. The Kier molecular flexibility index (Phi) is 13.3. The summed E-state index contributed by atoms with van der Waals surface area (Å²) in [4.78, 5) is 4.89. The maximum Gasteiger partial charge on any atom is 0.0484 e. The van der Waals surface area contributed by atoms with Crippen molar-refractivity contribution in [2.45, 2.75) is 43.4 Å². The zero-order valence-corrected chi connectivity index (χ0v) is 41.8. The maximum absolute atomic E-state index is 2.62. The molecule has 0 amide bonds. The lowest BCUT2D eigenvalue weighted by molar-refractivity contribution is 0.584. The largest absolute Gasteiger partial charge is 0.337 e. The Morgan fingerprint density at radius 1 is 0.473 bits per heavy atom. The van der Waals surface area contributed by atoms with E-state index in [1.54, 1.807) is 0 Å². The highest BCUT2D eigenvalue weighted by Crippen LogP contribution is 2.55. The van der Waals surface area contributed by atoms with E-state index in [-0.39, 0.29) is 11.3 Å². The van der Waals surface area contributed by atoms with Crippen LogP contribution in [0.3, 0.4) is 0 Å². The molecule has 0 aliphatic heterocycles. The minimum Gasteiger partial charge on any atom is -0.337 e. The second kappa shape index (κ2) is 21.2. The fourth-order valence-electron chi connectivity index (χ4n) is 11.9. The van der Waals surface area contributed by atoms with Gasteiger partial charge in [-0.1, -0.05) is 225 Å². The van der Waals surface area contributed by atoms with Gasteiger partial charge in [-0.25, -0.2) is 0 Å². The molecule has 0 fully saturated rings. The summed E-state index contributed by atoms with van der Waals surface area (Å²) in [5, 5.41) is 0. The van der Waals surface area contributed by atoms with Crippen LogP contribution in [0.15, 0.2) is 296 Å². The molecule has 3 aliphatic rings. The lowest BCUT2D eigenvalue weighted by atomic mass is 9.70. The van der Waals surface area contributed by atoms with E-state index in [1.165, 1.54) is 66.8 Å². The molecule has 0 radical (unpaired) electrons. The molecule has 0 spiro atoms. The molecule has 0 heterocycles. The molecule has 0 aromatic heterocycles. The zero-order chi connectivity index (χ0) is 49.5. The molecule has 12 rings (SSSR count). The van der Waals surface area contributed by atoms with Crippen molar-refractivity contribution in [1.82, 2.24) is 0 Å². The standard InChI is InChI=1S/C72H60N2/c1-7-24-54(25-8-1)58-28-23-37-67(51-58)73(63-46-44-57(45-47-63)69-39-20-19-38-68(69)56-26-9-2-10-27-56)53-60(55-42-48-66(49-43-55)74(64-33-15-5-16-34-64)65-35-17-6-18-36-65)50-59-52-72(61-29-11-3-12-30-61,62-31-13-4-14-32-62)71-41-22-21-40-70(59)71/h1-9,11-19,21-26,28-38,40-51,59H,10,20,27,39,52-53H2/b60-50+. The van der Waals surface area contributed by atoms with E-state index >= 15 is 0 Å². The Hall–Kier alpha value is -8.72. The lowest BCUT2D eigenvalue weighted by Gasteiger charge is -2.32. The van der Waals surface area contributed by atoms with Crippen LogP contribution in [0.25, 0.3) is 22.3 Å². The molecule has 9 aromatic rings. The van der Waals surface area contributed by atoms with E-state index in [1.807, 2.05) is 0 Å². The van der Waals surface area contributed by atoms with Crippen molar-refractivity contribution in [3.05, 3.63) is 330 Å². The fourth-order valence-corrected chi connectivity index (χ4v) is 11.9. The van der Waals surface area contributed by atoms with Gasteiger partial charge in [0.25, 0.3) is 0 Å². The molecule has 2 nitrogen and oxygen atoms in total. The van der Waals surface area contributed by atoms with Crippen molar-refractivity contribution in [2.24, 2.45) is 0 Å². The van der Waals surface area contributed by atoms with Gasteiger partial charge < -0.3 is 9.80 Å². The van der Waals surface area contributed by atoms with Gasteiger partial charge in [0.15, 0.2) is 0 Å². The Morgan fingerprint density at radius 2 is 1.03 bits per heavy atom. The van der Waals surface area contributed by atoms with E-state index in [9.17, 15) is 0 Å². The van der Waals surface area contributed by atoms with Crippen molar-refractivity contribution in [3.63, 3.8) is 0 Å². The first-order valence-electron chi connectivity index (χ1n) is 26.4. The molecule has 3 aliphatic carbocycles. The highest BCUT2D eigenvalue weighted by molar-refractivity contribution is 5.83. The highest BCUT2D eigenvalue weighted by Gasteiger charge is 2.45. The summed E-state index contributed by atoms with van der Waals surface area (Å²) in [5.74, 6) is 0.125. The minimum atomic E-state index is -0.327. The van der Waals surface area contributed by atoms with Gasteiger partial charge in [0.1, 0.15) is 0 Å². The second-order valence-corrected chi connectivity index (χ2v) is 19.8. The molecule has 9 aromatic carbocycles. The lowest BCUT2D eigenvalue weighted by Crippen LogP contribution is -2.26. The van der Waals surface area contributed by atoms with Crippen molar-refractivity contribution < 1.29 is 0 Å². The van der Waals surface area contributed by atoms with Crippen LogP contribution in [0, 0.1) is 0 Å². The fraction of sp³-hybridized carbons (Fsp3) is 0.111. The summed E-state index contributed by atoms with van der Waals surface area (Å²) in [6, 6.07) is 91.7. The number of allylic oxidation sites excluding steroid dienone is 9. The monoisotopic (exact) mass is 952 g/mol. The number of hydrogen-bond donors (Lipinski definition) is 0. The van der Waals surface area contributed by atoms with E-state index in [4.69, 9.17) is 0 Å². The highest BCUT2D eigenvalue weighted by atomic mass is 15.1. The first kappa shape index (κ1) is 46.4. The second-order valence-electron chi connectivity index (χ2n) is 19.8. The first-order chi connectivity index (χ1) is 36.7. The SMILES string of the molecule is C1=CCCC(C2=C(c3ccc(N(C/C(=C\C4CC(c5ccccc5)(c5ccccc5)c5ccccc54)c4ccc(N(c5ccccc5)c5ccccc5)cc4)c4cccc(-c5ccccc5)c4)cc3)CCC=C2)=C1. The summed E-state index contributed by atoms with van der Waals surface area (Å²) in [5.41, 5.74) is 21.2. The van der Waals surface area contributed by atoms with Gasteiger partial charge >= 0.3 is 0 Å². The third-order valence-electron chi connectivity index (χ3n) is 15.5. The summed E-state index contributed by atoms with van der Waals surface area (Å²) >= 11 is 0. The maximum atomic E-state index is 2.62. The summed E-state index contributed by atoms with van der Waals surface area (Å²) < 4.78 is 0. The topological polar surface area (TPSA) is 6.48 Å². The average Bonchev–Trinajstić information content (AvgIpc) is 3.83. The van der Waals surface area contributed by atoms with Crippen LogP contribution < -0.4 is 9.80 Å². The van der Waals surface area contributed by atoms with E-state index < -0.39 is 0 Å². The van der Waals surface area contributed by atoms with Crippen LogP contribution >= 0.6 is 0 Å². The first-order valence-corrected chi connectivity index (χ1v) is 26.4. The third kappa shape index (κ3) is 9.32. The predicted octanol–water partition coefficient (Wildman–Crippen LogP) is 18.9. The molecule has 0 bridgehead atoms. The number of anilines is 5. The Balaban J connectivity index is 1.02. The Bertz CT molecular complexity index is 3430. The van der Waals surface area contributed by atoms with E-state index in [2.05, 4.69) is 295 Å².